The van der Waals surface area contributed by atoms with Gasteiger partial charge in [-0.25, -0.2) is 4.79 Å². The van der Waals surface area contributed by atoms with E-state index in [0.29, 0.717) is 56.6 Å². The maximum atomic E-state index is 14.2. The molecule has 5 N–H and O–H groups in total. The van der Waals surface area contributed by atoms with Crippen LogP contribution in [0.5, 0.6) is 0 Å². The van der Waals surface area contributed by atoms with Crippen LogP contribution in [-0.4, -0.2) is 108 Å². The summed E-state index contributed by atoms with van der Waals surface area (Å²) in [7, 11) is 5.70. The minimum absolute atomic E-state index is 0.0357. The van der Waals surface area contributed by atoms with E-state index in [-0.39, 0.29) is 84.4 Å². The van der Waals surface area contributed by atoms with Crippen LogP contribution in [0.2, 0.25) is 0 Å². The average Bonchev–Trinajstić information content (AvgIpc) is 3.48. The van der Waals surface area contributed by atoms with Crippen molar-refractivity contribution in [2.45, 2.75) is 114 Å². The van der Waals surface area contributed by atoms with Gasteiger partial charge in [0, 0.05) is 80.5 Å². The van der Waals surface area contributed by atoms with E-state index in [2.05, 4.69) is 28.5 Å². The monoisotopic (exact) mass is 760 g/mol. The number of aliphatic hydroxyl groups is 1. The Morgan fingerprint density at radius 3 is 2.79 bits per heavy atom. The number of esters is 2. The van der Waals surface area contributed by atoms with Gasteiger partial charge in [-0.1, -0.05) is 39.3 Å². The van der Waals surface area contributed by atoms with Gasteiger partial charge in [0.05, 0.1) is 18.2 Å². The normalized spacial score (nSPS) is 43.7. The Hall–Kier alpha value is -1.61. The van der Waals surface area contributed by atoms with Gasteiger partial charge in [0.25, 0.3) is 0 Å². The molecule has 52 heavy (non-hydrogen) atoms. The van der Waals surface area contributed by atoms with Gasteiger partial charge in [-0.2, -0.15) is 0 Å². The molecule has 0 radical (unpaired) electrons. The van der Waals surface area contributed by atoms with Gasteiger partial charge < -0.3 is 40.6 Å². The summed E-state index contributed by atoms with van der Waals surface area (Å²) in [6, 6.07) is 0.233. The van der Waals surface area contributed by atoms with Gasteiger partial charge in [0.1, 0.15) is 17.3 Å². The van der Waals surface area contributed by atoms with Crippen LogP contribution in [-0.2, 0) is 28.6 Å². The topological polar surface area (TPSA) is 152 Å². The van der Waals surface area contributed by atoms with E-state index in [9.17, 15) is 19.5 Å². The summed E-state index contributed by atoms with van der Waals surface area (Å²) in [5.41, 5.74) is 6.80. The molecule has 5 aliphatic heterocycles. The zero-order chi connectivity index (χ0) is 36.8. The molecule has 0 bridgehead atoms. The van der Waals surface area contributed by atoms with Crippen molar-refractivity contribution >= 4 is 39.4 Å². The summed E-state index contributed by atoms with van der Waals surface area (Å²) < 4.78 is 20.3. The number of amides is 1. The maximum Gasteiger partial charge on any atom is 0.334 e. The van der Waals surface area contributed by atoms with Crippen LogP contribution in [0.15, 0.2) is 23.3 Å². The molecule has 1 amide bonds. The number of fused-ring (bicyclic) bond motifs is 7. The standard InChI is InChI=1S/C39H60N4O7S2/c1-5-22(2)36(46)50-38(3)9-8-24-20-51-52-21-30-28(17-41-4)19-43(30)34(45)13-27-18-42-33(40)14-29(27)35(24)39(38)16-26-12-25-11-23(7-6-10-44)37(47)48-31(25)15-32(26)49-39/h5,8,23,25-33,35,41-42,44H,6-7,9-21,40H2,1-4H3. The Kier molecular flexibility index (Phi) is 11.8. The lowest BCUT2D eigenvalue weighted by Crippen LogP contribution is -2.66. The van der Waals surface area contributed by atoms with Gasteiger partial charge in [-0.15, -0.1) is 0 Å². The minimum atomic E-state index is -0.966. The smallest absolute Gasteiger partial charge is 0.334 e. The van der Waals surface area contributed by atoms with Crippen molar-refractivity contribution < 1.29 is 33.7 Å². The third-order valence-electron chi connectivity index (χ3n) is 13.9. The summed E-state index contributed by atoms with van der Waals surface area (Å²) in [4.78, 5) is 43.1. The molecule has 0 aromatic rings. The molecule has 0 aromatic carbocycles. The number of carbonyl (C=O) groups is 3. The highest BCUT2D eigenvalue weighted by Gasteiger charge is 2.68. The number of aliphatic hydroxyl groups excluding tert-OH is 1. The van der Waals surface area contributed by atoms with Crippen LogP contribution >= 0.6 is 21.6 Å². The Bertz CT molecular complexity index is 1430. The molecule has 5 heterocycles. The number of hydrogen-bond donors (Lipinski definition) is 4. The third kappa shape index (κ3) is 7.14. The number of nitrogens with two attached hydrogens (primary N) is 1. The average molecular weight is 761 g/mol. The van der Waals surface area contributed by atoms with Crippen LogP contribution in [0.4, 0.5) is 0 Å². The van der Waals surface area contributed by atoms with Crippen LogP contribution in [0.1, 0.15) is 78.6 Å². The second-order valence-corrected chi connectivity index (χ2v) is 19.4. The quantitative estimate of drug-likeness (QED) is 0.129. The van der Waals surface area contributed by atoms with Gasteiger partial charge >= 0.3 is 11.9 Å². The van der Waals surface area contributed by atoms with E-state index < -0.39 is 11.2 Å². The number of piperidine rings is 1. The molecule has 290 valence electrons. The second kappa shape index (κ2) is 15.9. The van der Waals surface area contributed by atoms with Crippen molar-refractivity contribution in [2.75, 3.05) is 44.8 Å². The Morgan fingerprint density at radius 1 is 1.19 bits per heavy atom. The van der Waals surface area contributed by atoms with Crippen molar-refractivity contribution in [1.82, 2.24) is 15.5 Å². The van der Waals surface area contributed by atoms with E-state index in [0.717, 1.165) is 43.9 Å². The van der Waals surface area contributed by atoms with Crippen LogP contribution in [0, 0.1) is 41.4 Å². The number of nitrogens with one attached hydrogen (secondary N) is 2. The Morgan fingerprint density at radius 2 is 2.02 bits per heavy atom. The summed E-state index contributed by atoms with van der Waals surface area (Å²) in [5, 5.41) is 16.3. The van der Waals surface area contributed by atoms with E-state index in [1.807, 2.05) is 35.6 Å². The number of carbonyl (C=O) groups excluding carboxylic acids is 3. The number of nitrogens with zero attached hydrogens (tertiary/aromatic N) is 1. The molecule has 0 aromatic heterocycles. The molecule has 6 fully saturated rings. The van der Waals surface area contributed by atoms with E-state index in [1.165, 1.54) is 5.57 Å². The summed E-state index contributed by atoms with van der Waals surface area (Å²) >= 11 is 0. The fourth-order valence-electron chi connectivity index (χ4n) is 11.0. The lowest BCUT2D eigenvalue weighted by Gasteiger charge is -2.57. The summed E-state index contributed by atoms with van der Waals surface area (Å²) in [5.74, 6) is 2.12. The zero-order valence-electron chi connectivity index (χ0n) is 31.3. The van der Waals surface area contributed by atoms with Crippen molar-refractivity contribution in [1.29, 1.82) is 0 Å². The highest BCUT2D eigenvalue weighted by Crippen LogP contribution is 2.62. The molecular formula is C39H60N4O7S2. The molecule has 7 rings (SSSR count). The predicted molar refractivity (Wildman–Crippen MR) is 203 cm³/mol. The molecule has 13 atom stereocenters. The molecule has 11 nitrogen and oxygen atoms in total. The molecule has 2 aliphatic carbocycles. The van der Waals surface area contributed by atoms with Gasteiger partial charge in [-0.05, 0) is 90.0 Å². The lowest BCUT2D eigenvalue weighted by atomic mass is 9.56. The maximum absolute atomic E-state index is 14.2. The highest BCUT2D eigenvalue weighted by atomic mass is 33.1. The minimum Gasteiger partial charge on any atom is -0.462 e. The SMILES string of the molecule is CC=C(C)C(=O)OC1(C)CC=C2CSSCC3C(CNC)CN3C(=O)CC3CNC(N)CC3C2C12CC1CC3CC(CCCO)C(=O)OC3CC1O2. The lowest BCUT2D eigenvalue weighted by molar-refractivity contribution is -0.229. The fourth-order valence-corrected chi connectivity index (χ4v) is 13.5. The first kappa shape index (κ1) is 38.7. The molecule has 1 saturated carbocycles. The first-order chi connectivity index (χ1) is 25.0. The molecule has 7 aliphatic rings. The van der Waals surface area contributed by atoms with E-state index in [4.69, 9.17) is 19.9 Å². The predicted octanol–water partition coefficient (Wildman–Crippen LogP) is 3.80. The molecule has 5 saturated heterocycles. The number of hydrogen-bond acceptors (Lipinski definition) is 12. The van der Waals surface area contributed by atoms with E-state index >= 15 is 0 Å². The fraction of sp³-hybridized carbons (Fsp3) is 0.821. The molecule has 13 heteroatoms. The van der Waals surface area contributed by atoms with Crippen LogP contribution in [0.25, 0.3) is 0 Å². The van der Waals surface area contributed by atoms with Crippen LogP contribution in [0.3, 0.4) is 0 Å². The highest BCUT2D eigenvalue weighted by molar-refractivity contribution is 8.76. The number of ether oxygens (including phenoxy) is 3. The molecule has 13 unspecified atom stereocenters. The molecule has 1 spiro atoms. The zero-order valence-corrected chi connectivity index (χ0v) is 33.0. The van der Waals surface area contributed by atoms with Crippen molar-refractivity contribution in [3.63, 3.8) is 0 Å². The third-order valence-corrected chi connectivity index (χ3v) is 16.3. The first-order valence-electron chi connectivity index (χ1n) is 19.7. The largest absolute Gasteiger partial charge is 0.462 e. The number of allylic oxidation sites excluding steroid dienone is 1. The summed E-state index contributed by atoms with van der Waals surface area (Å²) in [6.45, 7) is 8.14. The van der Waals surface area contributed by atoms with Gasteiger partial charge in [0.2, 0.25) is 5.91 Å². The van der Waals surface area contributed by atoms with Crippen molar-refractivity contribution in [2.24, 2.45) is 47.2 Å². The Labute approximate surface area is 317 Å². The Balaban J connectivity index is 1.26. The van der Waals surface area contributed by atoms with Gasteiger partial charge in [-0.3, -0.25) is 9.59 Å². The van der Waals surface area contributed by atoms with Crippen LogP contribution < -0.4 is 16.4 Å². The first-order valence-corrected chi connectivity index (χ1v) is 22.2. The second-order valence-electron chi connectivity index (χ2n) is 16.9. The van der Waals surface area contributed by atoms with Crippen molar-refractivity contribution in [3.8, 4) is 0 Å². The summed E-state index contributed by atoms with van der Waals surface area (Å²) in [6.07, 6.45) is 9.47. The van der Waals surface area contributed by atoms with Crippen molar-refractivity contribution in [3.05, 3.63) is 23.3 Å². The van der Waals surface area contributed by atoms with E-state index in [1.54, 1.807) is 13.0 Å². The number of rotatable bonds is 7. The van der Waals surface area contributed by atoms with Gasteiger partial charge in [0.15, 0.2) is 0 Å². The molecular weight excluding hydrogens is 701 g/mol.